The second kappa shape index (κ2) is 5.55. The van der Waals surface area contributed by atoms with Crippen molar-refractivity contribution in [2.24, 2.45) is 11.8 Å². The number of carbonyl (C=O) groups is 1. The predicted octanol–water partition coefficient (Wildman–Crippen LogP) is 0.706. The highest BCUT2D eigenvalue weighted by atomic mass is 16.5. The van der Waals surface area contributed by atoms with Gasteiger partial charge in [0, 0.05) is 6.42 Å². The summed E-state index contributed by atoms with van der Waals surface area (Å²) in [4.78, 5) is 11.2. The first-order valence-corrected chi connectivity index (χ1v) is 4.18. The van der Waals surface area contributed by atoms with E-state index in [4.69, 9.17) is 10.4 Å². The number of methoxy groups -OCH3 is 1. The highest BCUT2D eigenvalue weighted by Gasteiger charge is 2.25. The van der Waals surface area contributed by atoms with E-state index in [1.54, 1.807) is 6.07 Å². The molecule has 0 saturated carbocycles. The van der Waals surface area contributed by atoms with Crippen molar-refractivity contribution >= 4 is 5.97 Å². The molecule has 2 unspecified atom stereocenters. The summed E-state index contributed by atoms with van der Waals surface area (Å²) in [5.74, 6) is -0.709. The molecule has 74 valence electrons. The van der Waals surface area contributed by atoms with Gasteiger partial charge in [0.25, 0.3) is 0 Å². The Labute approximate surface area is 78.1 Å². The minimum absolute atomic E-state index is 0.0652. The van der Waals surface area contributed by atoms with E-state index in [1.807, 2.05) is 13.8 Å². The number of nitrogens with zero attached hydrogens (tertiary/aromatic N) is 1. The van der Waals surface area contributed by atoms with E-state index >= 15 is 0 Å². The number of aliphatic hydroxyl groups is 1. The maximum atomic E-state index is 11.2. The maximum Gasteiger partial charge on any atom is 0.309 e. The molecule has 0 fully saturated rings. The molecular weight excluding hydrogens is 170 g/mol. The van der Waals surface area contributed by atoms with Gasteiger partial charge in [-0.3, -0.25) is 4.79 Å². The minimum atomic E-state index is -1.09. The summed E-state index contributed by atoms with van der Waals surface area (Å²) >= 11 is 0. The second-order valence-corrected chi connectivity index (χ2v) is 3.25. The van der Waals surface area contributed by atoms with Crippen molar-refractivity contribution in [3.8, 4) is 6.07 Å². The summed E-state index contributed by atoms with van der Waals surface area (Å²) in [6.45, 7) is 3.71. The van der Waals surface area contributed by atoms with Crippen LogP contribution in [0.3, 0.4) is 0 Å². The average molecular weight is 185 g/mol. The summed E-state index contributed by atoms with van der Waals surface area (Å²) in [7, 11) is 1.30. The lowest BCUT2D eigenvalue weighted by Crippen LogP contribution is -2.25. The minimum Gasteiger partial charge on any atom is -0.469 e. The highest BCUT2D eigenvalue weighted by molar-refractivity contribution is 5.72. The number of aliphatic hydroxyl groups excluding tert-OH is 1. The van der Waals surface area contributed by atoms with Gasteiger partial charge >= 0.3 is 5.97 Å². The van der Waals surface area contributed by atoms with E-state index in [1.165, 1.54) is 7.11 Å². The van der Waals surface area contributed by atoms with Crippen LogP contribution >= 0.6 is 0 Å². The summed E-state index contributed by atoms with van der Waals surface area (Å²) in [5, 5.41) is 17.4. The van der Waals surface area contributed by atoms with Gasteiger partial charge in [-0.15, -0.1) is 0 Å². The first kappa shape index (κ1) is 11.9. The lowest BCUT2D eigenvalue weighted by atomic mass is 9.90. The SMILES string of the molecule is COC(=O)C(CC(O)C#N)C(C)C. The number of esters is 1. The van der Waals surface area contributed by atoms with Crippen LogP contribution in [0.1, 0.15) is 20.3 Å². The summed E-state index contributed by atoms with van der Waals surface area (Å²) < 4.78 is 4.56. The van der Waals surface area contributed by atoms with Crippen molar-refractivity contribution in [3.05, 3.63) is 0 Å². The van der Waals surface area contributed by atoms with Gasteiger partial charge in [0.15, 0.2) is 0 Å². The molecule has 4 nitrogen and oxygen atoms in total. The third-order valence-corrected chi connectivity index (χ3v) is 1.93. The zero-order chi connectivity index (χ0) is 10.4. The Balaban J connectivity index is 4.28. The van der Waals surface area contributed by atoms with Gasteiger partial charge in [0.05, 0.1) is 19.1 Å². The van der Waals surface area contributed by atoms with Crippen LogP contribution in [0.5, 0.6) is 0 Å². The van der Waals surface area contributed by atoms with Crippen molar-refractivity contribution in [1.29, 1.82) is 5.26 Å². The Morgan fingerprint density at radius 3 is 2.46 bits per heavy atom. The van der Waals surface area contributed by atoms with Crippen LogP contribution < -0.4 is 0 Å². The average Bonchev–Trinajstić information content (AvgIpc) is 2.11. The molecule has 0 spiro atoms. The van der Waals surface area contributed by atoms with Gasteiger partial charge in [0.2, 0.25) is 0 Å². The second-order valence-electron chi connectivity index (χ2n) is 3.25. The Kier molecular flexibility index (Phi) is 5.09. The van der Waals surface area contributed by atoms with Gasteiger partial charge in [-0.2, -0.15) is 5.26 Å². The van der Waals surface area contributed by atoms with E-state index < -0.39 is 12.0 Å². The van der Waals surface area contributed by atoms with Crippen LogP contribution in [0, 0.1) is 23.2 Å². The molecule has 0 aromatic rings. The van der Waals surface area contributed by atoms with Gasteiger partial charge in [-0.05, 0) is 5.92 Å². The predicted molar refractivity (Wildman–Crippen MR) is 46.6 cm³/mol. The summed E-state index contributed by atoms with van der Waals surface area (Å²) in [6.07, 6.45) is -0.951. The zero-order valence-electron chi connectivity index (χ0n) is 8.15. The fourth-order valence-electron chi connectivity index (χ4n) is 1.09. The number of nitriles is 1. The molecule has 0 saturated heterocycles. The van der Waals surface area contributed by atoms with Crippen molar-refractivity contribution in [1.82, 2.24) is 0 Å². The van der Waals surface area contributed by atoms with Crippen LogP contribution in [0.4, 0.5) is 0 Å². The summed E-state index contributed by atoms with van der Waals surface area (Å²) in [5.41, 5.74) is 0. The smallest absolute Gasteiger partial charge is 0.309 e. The normalized spacial score (nSPS) is 14.8. The molecule has 0 rings (SSSR count). The van der Waals surface area contributed by atoms with E-state index in [0.29, 0.717) is 0 Å². The molecule has 0 radical (unpaired) electrons. The Hall–Kier alpha value is -1.08. The van der Waals surface area contributed by atoms with Crippen molar-refractivity contribution in [2.75, 3.05) is 7.11 Å². The van der Waals surface area contributed by atoms with Crippen LogP contribution in [-0.2, 0) is 9.53 Å². The van der Waals surface area contributed by atoms with Gasteiger partial charge in [0.1, 0.15) is 6.10 Å². The maximum absolute atomic E-state index is 11.2. The van der Waals surface area contributed by atoms with Crippen LogP contribution in [0.25, 0.3) is 0 Å². The molecule has 0 aliphatic rings. The van der Waals surface area contributed by atoms with Gasteiger partial charge < -0.3 is 9.84 Å². The molecule has 1 N–H and O–H groups in total. The van der Waals surface area contributed by atoms with Crippen LogP contribution in [0.2, 0.25) is 0 Å². The standard InChI is InChI=1S/C9H15NO3/c1-6(2)8(9(12)13-3)4-7(11)5-10/h6-8,11H,4H2,1-3H3. The van der Waals surface area contributed by atoms with Gasteiger partial charge in [-0.25, -0.2) is 0 Å². The largest absolute Gasteiger partial charge is 0.469 e. The lowest BCUT2D eigenvalue weighted by molar-refractivity contribution is -0.148. The van der Waals surface area contributed by atoms with Crippen molar-refractivity contribution in [2.45, 2.75) is 26.4 Å². The van der Waals surface area contributed by atoms with E-state index in [-0.39, 0.29) is 18.3 Å². The van der Waals surface area contributed by atoms with E-state index in [2.05, 4.69) is 4.74 Å². The molecular formula is C9H15NO3. The van der Waals surface area contributed by atoms with Crippen molar-refractivity contribution in [3.63, 3.8) is 0 Å². The molecule has 0 heterocycles. The first-order valence-electron chi connectivity index (χ1n) is 4.18. The van der Waals surface area contributed by atoms with Crippen LogP contribution in [-0.4, -0.2) is 24.3 Å². The molecule has 0 aromatic heterocycles. The number of hydrogen-bond donors (Lipinski definition) is 1. The lowest BCUT2D eigenvalue weighted by Gasteiger charge is -2.18. The Morgan fingerprint density at radius 2 is 2.15 bits per heavy atom. The third kappa shape index (κ3) is 3.90. The zero-order valence-corrected chi connectivity index (χ0v) is 8.15. The Morgan fingerprint density at radius 1 is 1.62 bits per heavy atom. The molecule has 13 heavy (non-hydrogen) atoms. The van der Waals surface area contributed by atoms with E-state index in [0.717, 1.165) is 0 Å². The fourth-order valence-corrected chi connectivity index (χ4v) is 1.09. The molecule has 4 heteroatoms. The number of hydrogen-bond acceptors (Lipinski definition) is 4. The summed E-state index contributed by atoms with van der Waals surface area (Å²) in [6, 6.07) is 1.68. The molecule has 0 aliphatic heterocycles. The number of carbonyl (C=O) groups excluding carboxylic acids is 1. The molecule has 0 aromatic carbocycles. The number of rotatable bonds is 4. The molecule has 0 amide bonds. The topological polar surface area (TPSA) is 70.3 Å². The van der Waals surface area contributed by atoms with Crippen molar-refractivity contribution < 1.29 is 14.6 Å². The van der Waals surface area contributed by atoms with Crippen LogP contribution in [0.15, 0.2) is 0 Å². The van der Waals surface area contributed by atoms with Gasteiger partial charge in [-0.1, -0.05) is 13.8 Å². The molecule has 0 bridgehead atoms. The quantitative estimate of drug-likeness (QED) is 0.517. The fraction of sp³-hybridized carbons (Fsp3) is 0.778. The van der Waals surface area contributed by atoms with E-state index in [9.17, 15) is 4.79 Å². The number of ether oxygens (including phenoxy) is 1. The third-order valence-electron chi connectivity index (χ3n) is 1.93. The monoisotopic (exact) mass is 185 g/mol. The first-order chi connectivity index (χ1) is 6.02. The highest BCUT2D eigenvalue weighted by Crippen LogP contribution is 2.18. The molecule has 0 aliphatic carbocycles. The Bertz CT molecular complexity index is 207. The molecule has 2 atom stereocenters.